The molecule has 0 spiro atoms. The van der Waals surface area contributed by atoms with Gasteiger partial charge in [0.1, 0.15) is 5.82 Å². The molecule has 2 unspecified atom stereocenters. The summed E-state index contributed by atoms with van der Waals surface area (Å²) in [6.07, 6.45) is 7.97. The molecule has 1 saturated carbocycles. The molecular formula is C13H19N3O2. The Balaban J connectivity index is 1.93. The molecule has 1 aliphatic rings. The maximum atomic E-state index is 10.8. The molecule has 1 aromatic heterocycles. The highest BCUT2D eigenvalue weighted by molar-refractivity contribution is 5.85. The summed E-state index contributed by atoms with van der Waals surface area (Å²) in [5.41, 5.74) is -0.0170. The number of rotatable bonds is 4. The summed E-state index contributed by atoms with van der Waals surface area (Å²) >= 11 is 0. The fraction of sp³-hybridized carbons (Fsp3) is 0.615. The third-order valence-corrected chi connectivity index (χ3v) is 3.69. The zero-order valence-corrected chi connectivity index (χ0v) is 10.6. The van der Waals surface area contributed by atoms with Crippen LogP contribution in [0.1, 0.15) is 43.1 Å². The lowest BCUT2D eigenvalue weighted by Crippen LogP contribution is -2.24. The largest absolute Gasteiger partial charge is 0.476 e. The van der Waals surface area contributed by atoms with Crippen LogP contribution in [0.15, 0.2) is 12.4 Å². The molecule has 5 heteroatoms. The Morgan fingerprint density at radius 2 is 2.22 bits per heavy atom. The van der Waals surface area contributed by atoms with Gasteiger partial charge < -0.3 is 10.4 Å². The molecule has 2 atom stereocenters. The van der Waals surface area contributed by atoms with Crippen molar-refractivity contribution in [3.63, 3.8) is 0 Å². The molecule has 1 aliphatic carbocycles. The van der Waals surface area contributed by atoms with E-state index in [1.807, 2.05) is 0 Å². The van der Waals surface area contributed by atoms with Crippen LogP contribution in [-0.4, -0.2) is 27.6 Å². The van der Waals surface area contributed by atoms with Crippen molar-refractivity contribution in [2.75, 3.05) is 11.9 Å². The van der Waals surface area contributed by atoms with Crippen molar-refractivity contribution in [3.8, 4) is 0 Å². The molecule has 0 saturated heterocycles. The lowest BCUT2D eigenvalue weighted by Gasteiger charge is -2.28. The average molecular weight is 249 g/mol. The standard InChI is InChI=1S/C13H19N3O2/c1-9-4-2-3-5-10(9)6-15-12-8-14-7-11(16-12)13(17)18/h7-10H,2-6H2,1H3,(H,15,16)(H,17,18). The van der Waals surface area contributed by atoms with Gasteiger partial charge in [0.15, 0.2) is 5.69 Å². The van der Waals surface area contributed by atoms with Gasteiger partial charge in [0.05, 0.1) is 12.4 Å². The summed E-state index contributed by atoms with van der Waals surface area (Å²) in [6.45, 7) is 3.13. The van der Waals surface area contributed by atoms with Crippen molar-refractivity contribution in [2.45, 2.75) is 32.6 Å². The highest BCUT2D eigenvalue weighted by atomic mass is 16.4. The van der Waals surface area contributed by atoms with Gasteiger partial charge in [-0.3, -0.25) is 4.98 Å². The zero-order chi connectivity index (χ0) is 13.0. The van der Waals surface area contributed by atoms with E-state index in [4.69, 9.17) is 5.11 Å². The average Bonchev–Trinajstić information content (AvgIpc) is 2.38. The number of nitrogens with zero attached hydrogens (tertiary/aromatic N) is 2. The molecule has 0 bridgehead atoms. The van der Waals surface area contributed by atoms with Gasteiger partial charge in [-0.2, -0.15) is 0 Å². The Labute approximate surface area is 107 Å². The van der Waals surface area contributed by atoms with E-state index in [1.54, 1.807) is 6.20 Å². The molecule has 0 amide bonds. The number of anilines is 1. The number of hydrogen-bond donors (Lipinski definition) is 2. The number of carboxylic acids is 1. The Kier molecular flexibility index (Phi) is 4.12. The molecule has 1 aromatic rings. The molecule has 5 nitrogen and oxygen atoms in total. The predicted molar refractivity (Wildman–Crippen MR) is 68.6 cm³/mol. The first-order chi connectivity index (χ1) is 8.66. The van der Waals surface area contributed by atoms with Crippen LogP contribution in [0.5, 0.6) is 0 Å². The van der Waals surface area contributed by atoms with Crippen molar-refractivity contribution >= 4 is 11.8 Å². The SMILES string of the molecule is CC1CCCCC1CNc1cncc(C(=O)O)n1. The lowest BCUT2D eigenvalue weighted by molar-refractivity contribution is 0.0690. The molecule has 1 fully saturated rings. The van der Waals surface area contributed by atoms with Crippen LogP contribution < -0.4 is 5.32 Å². The van der Waals surface area contributed by atoms with Crippen molar-refractivity contribution in [3.05, 3.63) is 18.1 Å². The van der Waals surface area contributed by atoms with Crippen molar-refractivity contribution in [1.29, 1.82) is 0 Å². The molecule has 0 aliphatic heterocycles. The number of hydrogen-bond acceptors (Lipinski definition) is 4. The molecular weight excluding hydrogens is 230 g/mol. The quantitative estimate of drug-likeness (QED) is 0.857. The minimum absolute atomic E-state index is 0.0170. The summed E-state index contributed by atoms with van der Waals surface area (Å²) in [7, 11) is 0. The molecule has 18 heavy (non-hydrogen) atoms. The Morgan fingerprint density at radius 1 is 1.44 bits per heavy atom. The first kappa shape index (κ1) is 12.8. The van der Waals surface area contributed by atoms with Gasteiger partial charge in [-0.1, -0.05) is 26.2 Å². The van der Waals surface area contributed by atoms with E-state index in [-0.39, 0.29) is 5.69 Å². The van der Waals surface area contributed by atoms with Crippen molar-refractivity contribution < 1.29 is 9.90 Å². The van der Waals surface area contributed by atoms with E-state index in [9.17, 15) is 4.79 Å². The Hall–Kier alpha value is -1.65. The van der Waals surface area contributed by atoms with E-state index >= 15 is 0 Å². The third kappa shape index (κ3) is 3.18. The summed E-state index contributed by atoms with van der Waals surface area (Å²) in [4.78, 5) is 18.7. The number of carbonyl (C=O) groups is 1. The molecule has 2 N–H and O–H groups in total. The first-order valence-electron chi connectivity index (χ1n) is 6.46. The predicted octanol–water partition coefficient (Wildman–Crippen LogP) is 2.41. The highest BCUT2D eigenvalue weighted by Crippen LogP contribution is 2.29. The van der Waals surface area contributed by atoms with Crippen LogP contribution in [0.3, 0.4) is 0 Å². The fourth-order valence-electron chi connectivity index (χ4n) is 2.49. The van der Waals surface area contributed by atoms with Crippen LogP contribution >= 0.6 is 0 Å². The second kappa shape index (κ2) is 5.80. The maximum Gasteiger partial charge on any atom is 0.356 e. The summed E-state index contributed by atoms with van der Waals surface area (Å²) in [5, 5.41) is 12.0. The number of aromatic carboxylic acids is 1. The van der Waals surface area contributed by atoms with Crippen molar-refractivity contribution in [1.82, 2.24) is 9.97 Å². The molecule has 0 radical (unpaired) electrons. The van der Waals surface area contributed by atoms with Crippen LogP contribution in [0, 0.1) is 11.8 Å². The van der Waals surface area contributed by atoms with E-state index in [1.165, 1.54) is 31.9 Å². The molecule has 98 valence electrons. The number of nitrogens with one attached hydrogen (secondary N) is 1. The Morgan fingerprint density at radius 3 is 2.94 bits per heavy atom. The Bertz CT molecular complexity index is 422. The first-order valence-corrected chi connectivity index (χ1v) is 6.46. The normalized spacial score (nSPS) is 23.6. The lowest BCUT2D eigenvalue weighted by atomic mass is 9.80. The van der Waals surface area contributed by atoms with Crippen molar-refractivity contribution in [2.24, 2.45) is 11.8 Å². The minimum Gasteiger partial charge on any atom is -0.476 e. The van der Waals surface area contributed by atoms with Crippen LogP contribution in [0.2, 0.25) is 0 Å². The molecule has 2 rings (SSSR count). The second-order valence-corrected chi connectivity index (χ2v) is 5.00. The van der Waals surface area contributed by atoms with Crippen LogP contribution in [0.4, 0.5) is 5.82 Å². The van der Waals surface area contributed by atoms with Gasteiger partial charge in [-0.25, -0.2) is 9.78 Å². The minimum atomic E-state index is -1.04. The van der Waals surface area contributed by atoms with Gasteiger partial charge in [0.2, 0.25) is 0 Å². The summed E-state index contributed by atoms with van der Waals surface area (Å²) in [5.74, 6) is 0.876. The van der Waals surface area contributed by atoms with Crippen LogP contribution in [-0.2, 0) is 0 Å². The van der Waals surface area contributed by atoms with Gasteiger partial charge in [0.25, 0.3) is 0 Å². The van der Waals surface area contributed by atoms with E-state index in [0.29, 0.717) is 11.7 Å². The van der Waals surface area contributed by atoms with Gasteiger partial charge in [-0.05, 0) is 18.3 Å². The number of aromatic nitrogens is 2. The van der Waals surface area contributed by atoms with E-state index in [0.717, 1.165) is 12.5 Å². The monoisotopic (exact) mass is 249 g/mol. The zero-order valence-electron chi connectivity index (χ0n) is 10.6. The fourth-order valence-corrected chi connectivity index (χ4v) is 2.49. The highest BCUT2D eigenvalue weighted by Gasteiger charge is 2.21. The topological polar surface area (TPSA) is 75.1 Å². The number of carboxylic acid groups (broad SMARTS) is 1. The summed E-state index contributed by atoms with van der Waals surface area (Å²) < 4.78 is 0. The molecule has 0 aromatic carbocycles. The third-order valence-electron chi connectivity index (χ3n) is 3.69. The van der Waals surface area contributed by atoms with E-state index < -0.39 is 5.97 Å². The van der Waals surface area contributed by atoms with Crippen LogP contribution in [0.25, 0.3) is 0 Å². The van der Waals surface area contributed by atoms with Gasteiger partial charge in [0, 0.05) is 6.54 Å². The van der Waals surface area contributed by atoms with Gasteiger partial charge in [-0.15, -0.1) is 0 Å². The molecule has 1 heterocycles. The van der Waals surface area contributed by atoms with E-state index in [2.05, 4.69) is 22.2 Å². The van der Waals surface area contributed by atoms with Gasteiger partial charge >= 0.3 is 5.97 Å². The summed E-state index contributed by atoms with van der Waals surface area (Å²) in [6, 6.07) is 0. The second-order valence-electron chi connectivity index (χ2n) is 5.00. The maximum absolute atomic E-state index is 10.8. The smallest absolute Gasteiger partial charge is 0.356 e.